The highest BCUT2D eigenvalue weighted by Gasteiger charge is 2.15. The van der Waals surface area contributed by atoms with E-state index < -0.39 is 0 Å². The van der Waals surface area contributed by atoms with Crippen molar-refractivity contribution >= 4 is 17.4 Å². The molecule has 1 aliphatic heterocycles. The van der Waals surface area contributed by atoms with Gasteiger partial charge in [-0.3, -0.25) is 0 Å². The predicted octanol–water partition coefficient (Wildman–Crippen LogP) is 4.21. The molecule has 0 saturated carbocycles. The highest BCUT2D eigenvalue weighted by molar-refractivity contribution is 7.05. The Balaban J connectivity index is 1.53. The molecule has 1 aliphatic rings. The Morgan fingerprint density at radius 2 is 1.84 bits per heavy atom. The van der Waals surface area contributed by atoms with Crippen LogP contribution in [0.4, 0.5) is 5.82 Å². The van der Waals surface area contributed by atoms with E-state index in [9.17, 15) is 0 Å². The van der Waals surface area contributed by atoms with Crippen molar-refractivity contribution in [3.8, 4) is 22.6 Å². The molecule has 0 aliphatic carbocycles. The molecule has 128 valence electrons. The van der Waals surface area contributed by atoms with Crippen LogP contribution in [-0.2, 0) is 6.54 Å². The Morgan fingerprint density at radius 1 is 1.04 bits per heavy atom. The molecule has 0 bridgehead atoms. The predicted molar refractivity (Wildman–Crippen MR) is 99.6 cm³/mol. The lowest BCUT2D eigenvalue weighted by molar-refractivity contribution is 0.171. The minimum atomic E-state index is 0.591. The number of rotatable bonds is 4. The number of hydrogen-bond donors (Lipinski definition) is 1. The van der Waals surface area contributed by atoms with Gasteiger partial charge in [0.05, 0.1) is 6.54 Å². The lowest BCUT2D eigenvalue weighted by Gasteiger charge is -2.20. The van der Waals surface area contributed by atoms with Gasteiger partial charge in [0.2, 0.25) is 0 Å². The molecule has 0 atom stereocenters. The SMILES string of the molecule is Cc1cc2c(cc1-c1ccc(NCc3sncc3C)nc1)OCCO2. The second-order valence-corrected chi connectivity index (χ2v) is 6.91. The first kappa shape index (κ1) is 15.9. The fourth-order valence-electron chi connectivity index (χ4n) is 2.81. The van der Waals surface area contributed by atoms with Crippen molar-refractivity contribution in [1.29, 1.82) is 0 Å². The number of benzene rings is 1. The summed E-state index contributed by atoms with van der Waals surface area (Å²) in [5.74, 6) is 2.47. The first-order valence-electron chi connectivity index (χ1n) is 8.21. The van der Waals surface area contributed by atoms with Crippen molar-refractivity contribution in [2.45, 2.75) is 20.4 Å². The molecular formula is C19H19N3O2S. The Labute approximate surface area is 150 Å². The molecule has 1 aromatic carbocycles. The Hall–Kier alpha value is -2.60. The van der Waals surface area contributed by atoms with E-state index in [1.165, 1.54) is 22.0 Å². The molecule has 25 heavy (non-hydrogen) atoms. The molecular weight excluding hydrogens is 334 g/mol. The van der Waals surface area contributed by atoms with E-state index in [-0.39, 0.29) is 0 Å². The minimum Gasteiger partial charge on any atom is -0.486 e. The number of nitrogens with one attached hydrogen (secondary N) is 1. The molecule has 3 aromatic rings. The summed E-state index contributed by atoms with van der Waals surface area (Å²) in [7, 11) is 0. The van der Waals surface area contributed by atoms with Gasteiger partial charge in [0.25, 0.3) is 0 Å². The van der Waals surface area contributed by atoms with Crippen molar-refractivity contribution in [2.24, 2.45) is 0 Å². The average Bonchev–Trinajstić information content (AvgIpc) is 3.05. The molecule has 1 N–H and O–H groups in total. The number of aromatic nitrogens is 2. The fourth-order valence-corrected chi connectivity index (χ4v) is 3.49. The number of pyridine rings is 1. The van der Waals surface area contributed by atoms with E-state index in [1.807, 2.05) is 30.6 Å². The summed E-state index contributed by atoms with van der Waals surface area (Å²) in [5.41, 5.74) is 4.53. The highest BCUT2D eigenvalue weighted by atomic mass is 32.1. The van der Waals surface area contributed by atoms with E-state index in [0.717, 1.165) is 40.6 Å². The van der Waals surface area contributed by atoms with Crippen LogP contribution in [0.15, 0.2) is 36.7 Å². The van der Waals surface area contributed by atoms with Gasteiger partial charge in [-0.1, -0.05) is 0 Å². The van der Waals surface area contributed by atoms with Gasteiger partial charge >= 0.3 is 0 Å². The molecule has 0 spiro atoms. The molecule has 0 saturated heterocycles. The third kappa shape index (κ3) is 3.30. The first-order chi connectivity index (χ1) is 12.2. The smallest absolute Gasteiger partial charge is 0.161 e. The molecule has 4 rings (SSSR count). The van der Waals surface area contributed by atoms with Crippen LogP contribution in [0, 0.1) is 13.8 Å². The third-order valence-electron chi connectivity index (χ3n) is 4.24. The minimum absolute atomic E-state index is 0.591. The maximum Gasteiger partial charge on any atom is 0.161 e. The topological polar surface area (TPSA) is 56.3 Å². The summed E-state index contributed by atoms with van der Waals surface area (Å²) in [4.78, 5) is 5.77. The summed E-state index contributed by atoms with van der Waals surface area (Å²) in [6.45, 7) is 6.08. The van der Waals surface area contributed by atoms with Gasteiger partial charge in [0, 0.05) is 22.8 Å². The lowest BCUT2D eigenvalue weighted by atomic mass is 10.0. The quantitative estimate of drug-likeness (QED) is 0.762. The molecule has 0 amide bonds. The molecule has 0 radical (unpaired) electrons. The summed E-state index contributed by atoms with van der Waals surface area (Å²) < 4.78 is 15.5. The normalized spacial score (nSPS) is 12.9. The summed E-state index contributed by atoms with van der Waals surface area (Å²) in [6, 6.07) is 8.15. The van der Waals surface area contributed by atoms with Gasteiger partial charge in [0.15, 0.2) is 11.5 Å². The van der Waals surface area contributed by atoms with Crippen molar-refractivity contribution < 1.29 is 9.47 Å². The summed E-state index contributed by atoms with van der Waals surface area (Å²) >= 11 is 1.52. The van der Waals surface area contributed by atoms with Crippen LogP contribution in [0.25, 0.3) is 11.1 Å². The van der Waals surface area contributed by atoms with Gasteiger partial charge in [0.1, 0.15) is 19.0 Å². The molecule has 6 heteroatoms. The van der Waals surface area contributed by atoms with Crippen LogP contribution >= 0.6 is 11.5 Å². The molecule has 2 aromatic heterocycles. The van der Waals surface area contributed by atoms with Gasteiger partial charge in [-0.25, -0.2) is 9.36 Å². The van der Waals surface area contributed by atoms with Crippen LogP contribution in [0.2, 0.25) is 0 Å². The maximum absolute atomic E-state index is 5.69. The molecule has 0 fully saturated rings. The molecule has 5 nitrogen and oxygen atoms in total. The number of anilines is 1. The second kappa shape index (κ2) is 6.72. The first-order valence-corrected chi connectivity index (χ1v) is 8.99. The zero-order chi connectivity index (χ0) is 17.2. The standard InChI is InChI=1S/C19H19N3O2S/c1-12-7-16-17(24-6-5-23-16)8-15(12)14-3-4-19(20-10-14)21-11-18-13(2)9-22-25-18/h3-4,7-10H,5-6,11H2,1-2H3,(H,20,21). The highest BCUT2D eigenvalue weighted by Crippen LogP contribution is 2.37. The zero-order valence-electron chi connectivity index (χ0n) is 14.2. The number of ether oxygens (including phenoxy) is 2. The van der Waals surface area contributed by atoms with E-state index in [4.69, 9.17) is 9.47 Å². The van der Waals surface area contributed by atoms with Crippen molar-refractivity contribution in [3.63, 3.8) is 0 Å². The second-order valence-electron chi connectivity index (χ2n) is 6.03. The summed E-state index contributed by atoms with van der Waals surface area (Å²) in [5, 5.41) is 3.35. The van der Waals surface area contributed by atoms with E-state index in [2.05, 4.69) is 34.6 Å². The number of hydrogen-bond acceptors (Lipinski definition) is 6. The van der Waals surface area contributed by atoms with Gasteiger partial charge in [-0.15, -0.1) is 0 Å². The number of aryl methyl sites for hydroxylation is 2. The van der Waals surface area contributed by atoms with Crippen LogP contribution in [0.1, 0.15) is 16.0 Å². The summed E-state index contributed by atoms with van der Waals surface area (Å²) in [6.07, 6.45) is 3.78. The Morgan fingerprint density at radius 3 is 2.52 bits per heavy atom. The number of fused-ring (bicyclic) bond motifs is 1. The number of nitrogens with zero attached hydrogens (tertiary/aromatic N) is 2. The van der Waals surface area contributed by atoms with Crippen molar-refractivity contribution in [3.05, 3.63) is 52.7 Å². The van der Waals surface area contributed by atoms with Crippen molar-refractivity contribution in [1.82, 2.24) is 9.36 Å². The molecule has 0 unspecified atom stereocenters. The van der Waals surface area contributed by atoms with Gasteiger partial charge in [-0.2, -0.15) is 0 Å². The Bertz CT molecular complexity index is 890. The van der Waals surface area contributed by atoms with Crippen LogP contribution in [0.5, 0.6) is 11.5 Å². The van der Waals surface area contributed by atoms with Gasteiger partial charge in [-0.05, 0) is 66.3 Å². The van der Waals surface area contributed by atoms with E-state index >= 15 is 0 Å². The maximum atomic E-state index is 5.69. The Kier molecular flexibility index (Phi) is 4.28. The third-order valence-corrected chi connectivity index (χ3v) is 5.14. The monoisotopic (exact) mass is 353 g/mol. The largest absolute Gasteiger partial charge is 0.486 e. The lowest BCUT2D eigenvalue weighted by Crippen LogP contribution is -2.15. The van der Waals surface area contributed by atoms with Crippen molar-refractivity contribution in [2.75, 3.05) is 18.5 Å². The van der Waals surface area contributed by atoms with Crippen LogP contribution < -0.4 is 14.8 Å². The van der Waals surface area contributed by atoms with Crippen LogP contribution in [0.3, 0.4) is 0 Å². The zero-order valence-corrected chi connectivity index (χ0v) is 15.0. The molecule has 3 heterocycles. The van der Waals surface area contributed by atoms with Crippen LogP contribution in [-0.4, -0.2) is 22.6 Å². The fraction of sp³-hybridized carbons (Fsp3) is 0.263. The van der Waals surface area contributed by atoms with E-state index in [1.54, 1.807) is 0 Å². The van der Waals surface area contributed by atoms with Gasteiger partial charge < -0.3 is 14.8 Å². The average molecular weight is 353 g/mol. The van der Waals surface area contributed by atoms with E-state index in [0.29, 0.717) is 13.2 Å².